The topological polar surface area (TPSA) is 101 Å². The van der Waals surface area contributed by atoms with Gasteiger partial charge in [0.25, 0.3) is 5.91 Å². The first-order chi connectivity index (χ1) is 9.95. The summed E-state index contributed by atoms with van der Waals surface area (Å²) in [5.41, 5.74) is 13.1. The van der Waals surface area contributed by atoms with Crippen molar-refractivity contribution in [3.63, 3.8) is 0 Å². The number of hydrogen-bond donors (Lipinski definition) is 3. The summed E-state index contributed by atoms with van der Waals surface area (Å²) in [6.07, 6.45) is 1.91. The van der Waals surface area contributed by atoms with Crippen LogP contribution in [0.25, 0.3) is 0 Å². The Hall–Kier alpha value is -2.24. The van der Waals surface area contributed by atoms with Crippen molar-refractivity contribution in [2.75, 3.05) is 25.4 Å². The Kier molecular flexibility index (Phi) is 4.67. The van der Waals surface area contributed by atoms with Gasteiger partial charge in [0.1, 0.15) is 0 Å². The number of rotatable bonds is 3. The molecule has 1 saturated heterocycles. The summed E-state index contributed by atoms with van der Waals surface area (Å²) >= 11 is 0. The molecule has 2 rings (SSSR count). The molecule has 0 aliphatic carbocycles. The molecule has 1 aromatic carbocycles. The third-order valence-corrected chi connectivity index (χ3v) is 3.72. The van der Waals surface area contributed by atoms with Gasteiger partial charge in [-0.2, -0.15) is 0 Å². The van der Waals surface area contributed by atoms with Crippen LogP contribution in [0.1, 0.15) is 28.8 Å². The molecule has 21 heavy (non-hydrogen) atoms. The molecule has 0 bridgehead atoms. The Morgan fingerprint density at radius 2 is 2.14 bits per heavy atom. The maximum Gasteiger partial charge on any atom is 0.312 e. The zero-order valence-electron chi connectivity index (χ0n) is 12.3. The van der Waals surface area contributed by atoms with Gasteiger partial charge in [-0.25, -0.2) is 4.79 Å². The quantitative estimate of drug-likeness (QED) is 0.726. The molecule has 1 aromatic rings. The molecule has 1 fully saturated rings. The Morgan fingerprint density at radius 3 is 2.81 bits per heavy atom. The molecule has 1 heterocycles. The van der Waals surface area contributed by atoms with Crippen molar-refractivity contribution in [2.24, 2.45) is 11.7 Å². The van der Waals surface area contributed by atoms with Crippen molar-refractivity contribution >= 4 is 17.6 Å². The van der Waals surface area contributed by atoms with Crippen LogP contribution in [0.2, 0.25) is 0 Å². The summed E-state index contributed by atoms with van der Waals surface area (Å²) in [7, 11) is 0. The monoisotopic (exact) mass is 290 g/mol. The van der Waals surface area contributed by atoms with E-state index in [1.807, 2.05) is 24.0 Å². The van der Waals surface area contributed by atoms with E-state index in [0.29, 0.717) is 24.3 Å². The number of nitrogens with one attached hydrogen (secondary N) is 1. The fourth-order valence-electron chi connectivity index (χ4n) is 2.78. The lowest BCUT2D eigenvalue weighted by atomic mass is 9.97. The maximum atomic E-state index is 12.5. The molecule has 1 aliphatic heterocycles. The third-order valence-electron chi connectivity index (χ3n) is 3.72. The average Bonchev–Trinajstić information content (AvgIpc) is 2.43. The van der Waals surface area contributed by atoms with Gasteiger partial charge in [0, 0.05) is 30.9 Å². The highest BCUT2D eigenvalue weighted by Crippen LogP contribution is 2.20. The van der Waals surface area contributed by atoms with E-state index in [0.717, 1.165) is 24.9 Å². The van der Waals surface area contributed by atoms with Gasteiger partial charge in [-0.3, -0.25) is 4.79 Å². The fraction of sp³-hybridized carbons (Fsp3) is 0.467. The molecule has 0 spiro atoms. The Balaban J connectivity index is 2.03. The van der Waals surface area contributed by atoms with Crippen LogP contribution in [0.5, 0.6) is 0 Å². The highest BCUT2D eigenvalue weighted by atomic mass is 16.2. The van der Waals surface area contributed by atoms with Crippen LogP contribution in [-0.4, -0.2) is 36.5 Å². The number of benzene rings is 1. The number of likely N-dealkylation sites (tertiary alicyclic amines) is 1. The molecule has 5 N–H and O–H groups in total. The lowest BCUT2D eigenvalue weighted by Gasteiger charge is -2.33. The van der Waals surface area contributed by atoms with E-state index in [1.54, 1.807) is 6.07 Å². The van der Waals surface area contributed by atoms with Crippen molar-refractivity contribution in [3.05, 3.63) is 29.3 Å². The number of aryl methyl sites for hydroxylation is 1. The number of anilines is 1. The second-order valence-corrected chi connectivity index (χ2v) is 5.64. The number of carbonyl (C=O) groups excluding carboxylic acids is 2. The van der Waals surface area contributed by atoms with Crippen LogP contribution in [0.4, 0.5) is 10.5 Å². The lowest BCUT2D eigenvalue weighted by molar-refractivity contribution is 0.0675. The molecule has 1 aliphatic rings. The van der Waals surface area contributed by atoms with E-state index in [4.69, 9.17) is 11.5 Å². The zero-order chi connectivity index (χ0) is 15.4. The summed E-state index contributed by atoms with van der Waals surface area (Å²) < 4.78 is 0. The molecule has 0 saturated carbocycles. The molecule has 1 unspecified atom stereocenters. The van der Waals surface area contributed by atoms with Crippen molar-refractivity contribution in [2.45, 2.75) is 19.8 Å². The van der Waals surface area contributed by atoms with Crippen molar-refractivity contribution in [1.82, 2.24) is 10.2 Å². The number of nitrogens with two attached hydrogens (primary N) is 2. The summed E-state index contributed by atoms with van der Waals surface area (Å²) in [5.74, 6) is 0.242. The molecule has 114 valence electrons. The molecule has 1 atom stereocenters. The maximum absolute atomic E-state index is 12.5. The molecular formula is C15H22N4O2. The van der Waals surface area contributed by atoms with E-state index < -0.39 is 6.03 Å². The van der Waals surface area contributed by atoms with Crippen LogP contribution in [-0.2, 0) is 0 Å². The number of piperidine rings is 1. The predicted octanol–water partition coefficient (Wildman–Crippen LogP) is 1.10. The van der Waals surface area contributed by atoms with Gasteiger partial charge in [-0.05, 0) is 49.4 Å². The number of nitrogens with zero attached hydrogens (tertiary/aromatic N) is 1. The second-order valence-electron chi connectivity index (χ2n) is 5.64. The molecule has 6 nitrogen and oxygen atoms in total. The third kappa shape index (κ3) is 4.11. The summed E-state index contributed by atoms with van der Waals surface area (Å²) in [6.45, 7) is 3.80. The predicted molar refractivity (Wildman–Crippen MR) is 81.8 cm³/mol. The largest absolute Gasteiger partial charge is 0.399 e. The Labute approximate surface area is 124 Å². The number of urea groups is 1. The smallest absolute Gasteiger partial charge is 0.312 e. The van der Waals surface area contributed by atoms with E-state index in [2.05, 4.69) is 5.32 Å². The van der Waals surface area contributed by atoms with Gasteiger partial charge < -0.3 is 21.7 Å². The van der Waals surface area contributed by atoms with Gasteiger partial charge >= 0.3 is 6.03 Å². The minimum absolute atomic E-state index is 0.00539. The number of hydrogen-bond acceptors (Lipinski definition) is 3. The van der Waals surface area contributed by atoms with Gasteiger partial charge in [-0.1, -0.05) is 0 Å². The number of carbonyl (C=O) groups is 2. The standard InChI is InChI=1S/C15H22N4O2/c1-10-5-12(7-13(16)6-10)14(20)19-4-2-3-11(9-19)8-18-15(17)21/h5-7,11H,2-4,8-9,16H2,1H3,(H3,17,18,21). The second kappa shape index (κ2) is 6.47. The van der Waals surface area contributed by atoms with Crippen molar-refractivity contribution in [3.8, 4) is 0 Å². The Morgan fingerprint density at radius 1 is 1.38 bits per heavy atom. The number of amides is 3. The first kappa shape index (κ1) is 15.2. The molecule has 0 radical (unpaired) electrons. The van der Waals surface area contributed by atoms with Crippen LogP contribution in [0, 0.1) is 12.8 Å². The van der Waals surface area contributed by atoms with Crippen LogP contribution < -0.4 is 16.8 Å². The van der Waals surface area contributed by atoms with Crippen molar-refractivity contribution < 1.29 is 9.59 Å². The molecule has 0 aromatic heterocycles. The van der Waals surface area contributed by atoms with Crippen LogP contribution in [0.15, 0.2) is 18.2 Å². The average molecular weight is 290 g/mol. The lowest BCUT2D eigenvalue weighted by Crippen LogP contribution is -2.44. The summed E-state index contributed by atoms with van der Waals surface area (Å²) in [6, 6.07) is 4.88. The molecular weight excluding hydrogens is 268 g/mol. The van der Waals surface area contributed by atoms with E-state index in [9.17, 15) is 9.59 Å². The SMILES string of the molecule is Cc1cc(N)cc(C(=O)N2CCCC(CNC(N)=O)C2)c1. The fourth-order valence-corrected chi connectivity index (χ4v) is 2.78. The van der Waals surface area contributed by atoms with E-state index in [-0.39, 0.29) is 11.8 Å². The van der Waals surface area contributed by atoms with Crippen molar-refractivity contribution in [1.29, 1.82) is 0 Å². The number of primary amides is 1. The summed E-state index contributed by atoms with van der Waals surface area (Å²) in [5, 5.41) is 2.61. The van der Waals surface area contributed by atoms with Crippen LogP contribution in [0.3, 0.4) is 0 Å². The zero-order valence-corrected chi connectivity index (χ0v) is 12.3. The van der Waals surface area contributed by atoms with Gasteiger partial charge in [-0.15, -0.1) is 0 Å². The highest BCUT2D eigenvalue weighted by molar-refractivity contribution is 5.95. The first-order valence-corrected chi connectivity index (χ1v) is 7.15. The minimum Gasteiger partial charge on any atom is -0.399 e. The minimum atomic E-state index is -0.523. The summed E-state index contributed by atoms with van der Waals surface area (Å²) in [4.78, 5) is 25.1. The highest BCUT2D eigenvalue weighted by Gasteiger charge is 2.24. The normalized spacial score (nSPS) is 18.3. The van der Waals surface area contributed by atoms with E-state index in [1.165, 1.54) is 0 Å². The number of nitrogen functional groups attached to an aromatic ring is 1. The van der Waals surface area contributed by atoms with Gasteiger partial charge in [0.15, 0.2) is 0 Å². The van der Waals surface area contributed by atoms with E-state index >= 15 is 0 Å². The Bertz CT molecular complexity index is 524. The van der Waals surface area contributed by atoms with Gasteiger partial charge in [0.05, 0.1) is 0 Å². The van der Waals surface area contributed by atoms with Gasteiger partial charge in [0.2, 0.25) is 0 Å². The first-order valence-electron chi connectivity index (χ1n) is 7.15. The molecule has 3 amide bonds. The van der Waals surface area contributed by atoms with Crippen LogP contribution >= 0.6 is 0 Å². The molecule has 6 heteroatoms.